The van der Waals surface area contributed by atoms with Gasteiger partial charge in [0.15, 0.2) is 7.37 Å². The molecule has 0 radical (unpaired) electrons. The Labute approximate surface area is 502 Å². The van der Waals surface area contributed by atoms with E-state index in [0.29, 0.717) is 26.2 Å². The SMILES string of the molecule is [3H][C@@H]1CN(P(C)(=O)OC[C@@H]2CN(C)C[C@H](C)O2)C[C@@H](COP(C)(=O)N2C[C@@H](COP(C)(=O)N3C[C@@H](COP(C)(=O)N4C[C@@H](COP(C)(=O)N5C[C@@H](COP(C)(=O)N6C[C@@H](COP(C)(C)=O)O[C@@H]([3H])C6)O[C@@H](C)C5)O[C@@H](C)C4)O[C@@H](C)C3)O[C@@H](C)C2)O1. The standard InChI is InChI=1S/C49H100N7O21P7/c1-38-19-50(6)24-45(73-38)33-68-79(9,58)52-16-18-65-44(26-52)32-67-81(11,60)53-20-39(2)75-47(28-53)35-70-83(13,62)55-22-41(4)77-49(30-55)37-72-84(14,63)56-23-42(5)76-48(29-56)36-71-82(12,61)54-21-40(3)74-46(27-54)34-69-80(10,59)51-15-17-64-43(25-51)31-66-78(7,8)57/h38-49H,15-37H2,1-14H3/t38-,39-,40-,41-,42-,43-,44-,45-,46-,47-,48-,49-,79?,80?,81?,82?,83?,84?/m0/s1/i17T,18T/t17-,18+,38-,39-,40-,41-,42-,43-,44-,45-,46-,47-,48-,49-,79?,80?,81?,82?,83?,84?. The van der Waals surface area contributed by atoms with Gasteiger partial charge in [-0.15, -0.1) is 0 Å². The van der Waals surface area contributed by atoms with Crippen LogP contribution >= 0.6 is 52.5 Å². The lowest BCUT2D eigenvalue weighted by atomic mass is 10.2. The van der Waals surface area contributed by atoms with Crippen LogP contribution in [0.15, 0.2) is 0 Å². The number of nitrogens with zero attached hydrogens (tertiary/aromatic N) is 7. The van der Waals surface area contributed by atoms with Crippen LogP contribution in [-0.4, -0.2) is 318 Å². The van der Waals surface area contributed by atoms with Crippen LogP contribution in [0.4, 0.5) is 0 Å². The highest BCUT2D eigenvalue weighted by Crippen LogP contribution is 2.55. The highest BCUT2D eigenvalue weighted by atomic mass is 31.2. The molecule has 20 atom stereocenters. The summed E-state index contributed by atoms with van der Waals surface area (Å²) >= 11 is 0. The van der Waals surface area contributed by atoms with Crippen LogP contribution < -0.4 is 0 Å². The van der Waals surface area contributed by atoms with Gasteiger partial charge in [0, 0.05) is 145 Å². The zero-order chi connectivity index (χ0) is 63.4. The fourth-order valence-corrected chi connectivity index (χ4v) is 21.0. The van der Waals surface area contributed by atoms with Gasteiger partial charge in [0.1, 0.15) is 0 Å². The van der Waals surface area contributed by atoms with Gasteiger partial charge in [0.2, 0.25) is 0 Å². The molecular weight excluding hydrogens is 1240 g/mol. The van der Waals surface area contributed by atoms with Gasteiger partial charge in [-0.2, -0.15) is 0 Å². The number of ether oxygens (including phenoxy) is 7. The fourth-order valence-electron chi connectivity index (χ4n) is 11.1. The smallest absolute Gasteiger partial charge is 0.269 e. The largest absolute Gasteiger partial charge is 0.373 e. The molecule has 7 aliphatic rings. The molecule has 0 aromatic heterocycles. The van der Waals surface area contributed by atoms with E-state index in [9.17, 15) is 32.0 Å². The van der Waals surface area contributed by atoms with E-state index < -0.39 is 102 Å². The first-order valence-corrected chi connectivity index (χ1v) is 43.7. The third kappa shape index (κ3) is 22.0. The van der Waals surface area contributed by atoms with Crippen LogP contribution in [0.5, 0.6) is 0 Å². The van der Waals surface area contributed by atoms with Crippen molar-refractivity contribution in [2.75, 3.05) is 211 Å². The molecule has 7 fully saturated rings. The molecule has 0 aromatic carbocycles. The van der Waals surface area contributed by atoms with Crippen molar-refractivity contribution in [1.29, 1.82) is 0 Å². The Hall–Kier alpha value is 0.770. The first-order valence-electron chi connectivity index (χ1n) is 30.1. The maximum atomic E-state index is 14.4. The molecule has 84 heavy (non-hydrogen) atoms. The Morgan fingerprint density at radius 2 is 0.560 bits per heavy atom. The molecule has 0 amide bonds. The molecular formula is C49H100N7O21P7. The Kier molecular flexibility index (Phi) is 25.2. The molecule has 7 saturated heterocycles. The van der Waals surface area contributed by atoms with Crippen LogP contribution in [0.2, 0.25) is 0 Å². The first kappa shape index (κ1) is 69.1. The van der Waals surface area contributed by atoms with E-state index in [1.165, 1.54) is 53.3 Å². The number of hydrogen-bond donors (Lipinski definition) is 0. The zero-order valence-corrected chi connectivity index (χ0v) is 58.0. The predicted molar refractivity (Wildman–Crippen MR) is 320 cm³/mol. The van der Waals surface area contributed by atoms with Crippen molar-refractivity contribution in [3.63, 3.8) is 0 Å². The third-order valence-electron chi connectivity index (χ3n) is 15.4. The summed E-state index contributed by atoms with van der Waals surface area (Å²) in [7, 11) is -21.6. The summed E-state index contributed by atoms with van der Waals surface area (Å²) in [4.78, 5) is 2.14. The lowest BCUT2D eigenvalue weighted by molar-refractivity contribution is -0.0890. The minimum atomic E-state index is -3.50. The third-order valence-corrected chi connectivity index (χ3v) is 28.0. The molecule has 0 aromatic rings. The van der Waals surface area contributed by atoms with Gasteiger partial charge in [-0.25, -0.2) is 28.0 Å². The van der Waals surface area contributed by atoms with Crippen LogP contribution in [0, 0.1) is 0 Å². The molecule has 0 spiro atoms. The summed E-state index contributed by atoms with van der Waals surface area (Å²) in [5.41, 5.74) is 0. The van der Waals surface area contributed by atoms with Crippen LogP contribution in [0.1, 0.15) is 37.4 Å². The molecule has 7 aliphatic heterocycles. The van der Waals surface area contributed by atoms with Crippen molar-refractivity contribution in [2.24, 2.45) is 0 Å². The Morgan fingerprint density at radius 3 is 0.833 bits per heavy atom. The van der Waals surface area contributed by atoms with E-state index in [-0.39, 0.29) is 142 Å². The van der Waals surface area contributed by atoms with Gasteiger partial charge in [0.05, 0.1) is 135 Å². The molecule has 0 aliphatic carbocycles. The second-order valence-electron chi connectivity index (χ2n) is 24.3. The van der Waals surface area contributed by atoms with Crippen molar-refractivity contribution in [1.82, 2.24) is 32.9 Å². The fraction of sp³-hybridized carbons (Fsp3) is 1.00. The average Bonchev–Trinajstić information content (AvgIpc) is 2.29. The molecule has 492 valence electrons. The Bertz CT molecular complexity index is 2570. The van der Waals surface area contributed by atoms with Crippen molar-refractivity contribution >= 4 is 52.5 Å². The summed E-state index contributed by atoms with van der Waals surface area (Å²) in [6, 6.07) is 0. The number of hydrogen-bond acceptors (Lipinski definition) is 22. The van der Waals surface area contributed by atoms with E-state index in [2.05, 4.69) is 4.90 Å². The van der Waals surface area contributed by atoms with Crippen molar-refractivity contribution in [2.45, 2.75) is 108 Å². The quantitative estimate of drug-likeness (QED) is 0.0846. The van der Waals surface area contributed by atoms with Crippen LogP contribution in [0.25, 0.3) is 0 Å². The van der Waals surface area contributed by atoms with Crippen molar-refractivity contribution in [3.8, 4) is 0 Å². The molecule has 0 N–H and O–H groups in total. The monoisotopic (exact) mass is 1340 g/mol. The summed E-state index contributed by atoms with van der Waals surface area (Å²) in [5.74, 6) is 0. The molecule has 0 bridgehead atoms. The molecule has 7 heterocycles. The summed E-state index contributed by atoms with van der Waals surface area (Å²) in [6.07, 6.45) is -5.53. The van der Waals surface area contributed by atoms with Crippen LogP contribution in [-0.2, 0) is 96.8 Å². The van der Waals surface area contributed by atoms with Crippen molar-refractivity contribution < 1.29 is 99.5 Å². The molecule has 28 nitrogen and oxygen atoms in total. The van der Waals surface area contributed by atoms with Gasteiger partial charge in [0.25, 0.3) is 45.1 Å². The lowest BCUT2D eigenvalue weighted by Crippen LogP contribution is -2.49. The van der Waals surface area contributed by atoms with Crippen LogP contribution in [0.3, 0.4) is 0 Å². The second kappa shape index (κ2) is 30.7. The highest BCUT2D eigenvalue weighted by molar-refractivity contribution is 7.57. The molecule has 35 heteroatoms. The zero-order valence-electron chi connectivity index (χ0n) is 53.8. The van der Waals surface area contributed by atoms with E-state index in [1.807, 2.05) is 41.7 Å². The lowest BCUT2D eigenvalue weighted by Gasteiger charge is -2.42. The molecule has 0 saturated carbocycles. The van der Waals surface area contributed by atoms with Gasteiger partial charge in [-0.05, 0) is 41.7 Å². The van der Waals surface area contributed by atoms with Gasteiger partial charge >= 0.3 is 0 Å². The number of morpholine rings is 7. The van der Waals surface area contributed by atoms with E-state index in [0.717, 1.165) is 6.54 Å². The minimum Gasteiger partial charge on any atom is -0.373 e. The number of likely N-dealkylation sites (N-methyl/N-ethyl adjacent to an activating group) is 1. The first-order chi connectivity index (χ1) is 39.8. The van der Waals surface area contributed by atoms with Crippen molar-refractivity contribution in [3.05, 3.63) is 0 Å². The maximum absolute atomic E-state index is 14.4. The topological polar surface area (TPSA) is 271 Å². The van der Waals surface area contributed by atoms with Gasteiger partial charge in [-0.1, -0.05) is 0 Å². The predicted octanol–water partition coefficient (Wildman–Crippen LogP) is 6.06. The average molecular weight is 1340 g/mol. The van der Waals surface area contributed by atoms with E-state index in [4.69, 9.17) is 67.6 Å². The Morgan fingerprint density at radius 1 is 0.333 bits per heavy atom. The molecule has 7 rings (SSSR count). The minimum absolute atomic E-state index is 0.0192. The van der Waals surface area contributed by atoms with E-state index >= 15 is 0 Å². The maximum Gasteiger partial charge on any atom is 0.269 e. The normalized spacial score (nSPS) is 38.7. The highest BCUT2D eigenvalue weighted by Gasteiger charge is 2.44. The summed E-state index contributed by atoms with van der Waals surface area (Å²) in [5, 5.41) is 0. The van der Waals surface area contributed by atoms with E-state index in [1.54, 1.807) is 28.0 Å². The van der Waals surface area contributed by atoms with Gasteiger partial charge < -0.3 is 69.7 Å². The Balaban J connectivity index is 0.845. The number of rotatable bonds is 27. The van der Waals surface area contributed by atoms with Gasteiger partial charge in [-0.3, -0.25) is 32.0 Å². The summed E-state index contributed by atoms with van der Waals surface area (Å²) < 4.78 is 208. The second-order valence-corrected chi connectivity index (χ2v) is 41.6. The molecule has 6 unspecified atom stereocenters. The summed E-state index contributed by atoms with van der Waals surface area (Å²) in [6.45, 7) is 22.7.